The average Bonchev–Trinajstić information content (AvgIpc) is 2.23. The Hall–Kier alpha value is -0.760. The van der Waals surface area contributed by atoms with Crippen LogP contribution in [0.2, 0.25) is 0 Å². The zero-order valence-corrected chi connectivity index (χ0v) is 9.09. The quantitative estimate of drug-likeness (QED) is 0.702. The molecule has 1 saturated heterocycles. The second kappa shape index (κ2) is 4.18. The molecule has 2 rings (SSSR count). The minimum atomic E-state index is 0.177. The fourth-order valence-corrected chi connectivity index (χ4v) is 3.22. The first-order valence-electron chi connectivity index (χ1n) is 4.98. The summed E-state index contributed by atoms with van der Waals surface area (Å²) in [5.74, 6) is 1.57. The fraction of sp³-hybridized carbons (Fsp3) is 0.417. The first-order valence-corrected chi connectivity index (χ1v) is 6.03. The highest BCUT2D eigenvalue weighted by atomic mass is 32.2. The molecule has 1 aromatic carbocycles. The molecule has 1 heterocycles. The minimum absolute atomic E-state index is 0.177. The second-order valence-electron chi connectivity index (χ2n) is 3.71. The van der Waals surface area contributed by atoms with Gasteiger partial charge in [0.1, 0.15) is 5.78 Å². The zero-order chi connectivity index (χ0) is 9.97. The fourth-order valence-electron chi connectivity index (χ4n) is 1.85. The number of hydrogen-bond acceptors (Lipinski definition) is 2. The molecule has 0 radical (unpaired) electrons. The van der Waals surface area contributed by atoms with Crippen LogP contribution in [0.1, 0.15) is 24.2 Å². The van der Waals surface area contributed by atoms with Crippen LogP contribution in [0.15, 0.2) is 30.3 Å². The van der Waals surface area contributed by atoms with Crippen molar-refractivity contribution in [2.75, 3.05) is 5.75 Å². The van der Waals surface area contributed by atoms with Crippen LogP contribution in [0, 0.1) is 5.92 Å². The van der Waals surface area contributed by atoms with Gasteiger partial charge in [0.15, 0.2) is 0 Å². The number of rotatable bonds is 1. The van der Waals surface area contributed by atoms with E-state index in [-0.39, 0.29) is 5.92 Å². The number of carbonyl (C=O) groups excluding carboxylic acids is 1. The second-order valence-corrected chi connectivity index (χ2v) is 4.96. The summed E-state index contributed by atoms with van der Waals surface area (Å²) in [4.78, 5) is 11.6. The number of thioether (sulfide) groups is 1. The van der Waals surface area contributed by atoms with Gasteiger partial charge in [0.05, 0.1) is 0 Å². The Morgan fingerprint density at radius 1 is 1.29 bits per heavy atom. The molecular weight excluding hydrogens is 192 g/mol. The van der Waals surface area contributed by atoms with Crippen molar-refractivity contribution in [3.8, 4) is 0 Å². The van der Waals surface area contributed by atoms with Crippen molar-refractivity contribution in [1.29, 1.82) is 0 Å². The molecule has 0 spiro atoms. The largest absolute Gasteiger partial charge is 0.299 e. The van der Waals surface area contributed by atoms with Crippen molar-refractivity contribution in [3.63, 3.8) is 0 Å². The Labute approximate surface area is 88.9 Å². The summed E-state index contributed by atoms with van der Waals surface area (Å²) in [5.41, 5.74) is 1.29. The Balaban J connectivity index is 2.22. The molecule has 1 fully saturated rings. The van der Waals surface area contributed by atoms with Gasteiger partial charge < -0.3 is 0 Å². The maximum Gasteiger partial charge on any atom is 0.137 e. The zero-order valence-electron chi connectivity index (χ0n) is 8.27. The molecule has 2 unspecified atom stereocenters. The highest BCUT2D eigenvalue weighted by molar-refractivity contribution is 7.99. The highest BCUT2D eigenvalue weighted by Crippen LogP contribution is 2.40. The van der Waals surface area contributed by atoms with E-state index >= 15 is 0 Å². The van der Waals surface area contributed by atoms with E-state index in [1.165, 1.54) is 5.56 Å². The number of ketones is 1. The third-order valence-corrected chi connectivity index (χ3v) is 4.22. The molecule has 1 nitrogen and oxygen atoms in total. The Morgan fingerprint density at radius 3 is 2.71 bits per heavy atom. The molecule has 2 atom stereocenters. The summed E-state index contributed by atoms with van der Waals surface area (Å²) in [5, 5.41) is 0.373. The molecule has 0 aliphatic carbocycles. The molecule has 0 aromatic heterocycles. The lowest BCUT2D eigenvalue weighted by molar-refractivity contribution is -0.122. The Morgan fingerprint density at radius 2 is 2.00 bits per heavy atom. The molecule has 1 aliphatic heterocycles. The first kappa shape index (κ1) is 9.78. The van der Waals surface area contributed by atoms with Gasteiger partial charge in [0.2, 0.25) is 0 Å². The number of benzene rings is 1. The summed E-state index contributed by atoms with van der Waals surface area (Å²) in [7, 11) is 0. The summed E-state index contributed by atoms with van der Waals surface area (Å²) < 4.78 is 0. The van der Waals surface area contributed by atoms with Gasteiger partial charge in [-0.1, -0.05) is 37.3 Å². The van der Waals surface area contributed by atoms with Gasteiger partial charge in [0, 0.05) is 23.3 Å². The van der Waals surface area contributed by atoms with Crippen molar-refractivity contribution in [1.82, 2.24) is 0 Å². The maximum absolute atomic E-state index is 11.6. The number of Topliss-reactive ketones (excluding diaryl/α,β-unsaturated/α-hetero) is 1. The third kappa shape index (κ3) is 1.85. The predicted octanol–water partition coefficient (Wildman–Crippen LogP) is 3.07. The molecule has 0 N–H and O–H groups in total. The Bertz CT molecular complexity index is 320. The number of hydrogen-bond donors (Lipinski definition) is 0. The van der Waals surface area contributed by atoms with Gasteiger partial charge in [-0.15, -0.1) is 0 Å². The van der Waals surface area contributed by atoms with E-state index in [9.17, 15) is 4.79 Å². The van der Waals surface area contributed by atoms with E-state index in [0.717, 1.165) is 12.2 Å². The SMILES string of the molecule is CC1C(=O)CCSC1c1ccccc1. The van der Waals surface area contributed by atoms with Crippen molar-refractivity contribution in [2.24, 2.45) is 5.92 Å². The van der Waals surface area contributed by atoms with Crippen LogP contribution in [0.4, 0.5) is 0 Å². The number of carbonyl (C=O) groups is 1. The van der Waals surface area contributed by atoms with E-state index < -0.39 is 0 Å². The van der Waals surface area contributed by atoms with Crippen molar-refractivity contribution in [2.45, 2.75) is 18.6 Å². The van der Waals surface area contributed by atoms with Crippen LogP contribution in [-0.2, 0) is 4.79 Å². The van der Waals surface area contributed by atoms with E-state index in [0.29, 0.717) is 11.0 Å². The Kier molecular flexibility index (Phi) is 2.92. The molecule has 0 amide bonds. The minimum Gasteiger partial charge on any atom is -0.299 e. The van der Waals surface area contributed by atoms with Crippen molar-refractivity contribution in [3.05, 3.63) is 35.9 Å². The van der Waals surface area contributed by atoms with Crippen LogP contribution in [0.25, 0.3) is 0 Å². The van der Waals surface area contributed by atoms with E-state index in [1.54, 1.807) is 0 Å². The van der Waals surface area contributed by atoms with Crippen molar-refractivity contribution < 1.29 is 4.79 Å². The molecule has 0 saturated carbocycles. The summed E-state index contributed by atoms with van der Waals surface area (Å²) in [6.45, 7) is 2.05. The lowest BCUT2D eigenvalue weighted by atomic mass is 9.94. The van der Waals surface area contributed by atoms with Crippen LogP contribution in [0.5, 0.6) is 0 Å². The molecule has 1 aromatic rings. The summed E-state index contributed by atoms with van der Waals surface area (Å²) >= 11 is 1.91. The first-order chi connectivity index (χ1) is 6.79. The lowest BCUT2D eigenvalue weighted by Gasteiger charge is -2.27. The molecule has 2 heteroatoms. The van der Waals surface area contributed by atoms with Gasteiger partial charge in [-0.05, 0) is 5.56 Å². The molecular formula is C12H14OS. The van der Waals surface area contributed by atoms with Crippen LogP contribution >= 0.6 is 11.8 Å². The van der Waals surface area contributed by atoms with E-state index in [1.807, 2.05) is 36.9 Å². The predicted molar refractivity (Wildman–Crippen MR) is 60.4 cm³/mol. The van der Waals surface area contributed by atoms with Gasteiger partial charge in [-0.2, -0.15) is 11.8 Å². The van der Waals surface area contributed by atoms with Crippen LogP contribution in [0.3, 0.4) is 0 Å². The van der Waals surface area contributed by atoms with E-state index in [2.05, 4.69) is 12.1 Å². The third-order valence-electron chi connectivity index (χ3n) is 2.74. The standard InChI is InChI=1S/C12H14OS/c1-9-11(13)7-8-14-12(9)10-5-3-2-4-6-10/h2-6,9,12H,7-8H2,1H3. The molecule has 1 aliphatic rings. The monoisotopic (exact) mass is 206 g/mol. The smallest absolute Gasteiger partial charge is 0.137 e. The molecule has 74 valence electrons. The van der Waals surface area contributed by atoms with Gasteiger partial charge in [-0.25, -0.2) is 0 Å². The van der Waals surface area contributed by atoms with Crippen LogP contribution < -0.4 is 0 Å². The lowest BCUT2D eigenvalue weighted by Crippen LogP contribution is -2.23. The molecule has 14 heavy (non-hydrogen) atoms. The van der Waals surface area contributed by atoms with Crippen LogP contribution in [-0.4, -0.2) is 11.5 Å². The highest BCUT2D eigenvalue weighted by Gasteiger charge is 2.29. The van der Waals surface area contributed by atoms with Gasteiger partial charge in [-0.3, -0.25) is 4.79 Å². The van der Waals surface area contributed by atoms with Gasteiger partial charge >= 0.3 is 0 Å². The summed E-state index contributed by atoms with van der Waals surface area (Å²) in [6, 6.07) is 10.3. The van der Waals surface area contributed by atoms with Gasteiger partial charge in [0.25, 0.3) is 0 Å². The van der Waals surface area contributed by atoms with Crippen molar-refractivity contribution >= 4 is 17.5 Å². The average molecular weight is 206 g/mol. The topological polar surface area (TPSA) is 17.1 Å². The molecule has 0 bridgehead atoms. The summed E-state index contributed by atoms with van der Waals surface area (Å²) in [6.07, 6.45) is 0.745. The maximum atomic E-state index is 11.6. The van der Waals surface area contributed by atoms with E-state index in [4.69, 9.17) is 0 Å². The normalized spacial score (nSPS) is 27.6.